The van der Waals surface area contributed by atoms with E-state index in [1.165, 1.54) is 7.11 Å². The monoisotopic (exact) mass is 457 g/mol. The van der Waals surface area contributed by atoms with Crippen LogP contribution in [0.25, 0.3) is 0 Å². The van der Waals surface area contributed by atoms with Crippen molar-refractivity contribution in [1.82, 2.24) is 9.88 Å². The number of para-hydroxylation sites is 1. The van der Waals surface area contributed by atoms with Crippen molar-refractivity contribution in [2.45, 2.75) is 51.1 Å². The van der Waals surface area contributed by atoms with Crippen molar-refractivity contribution >= 4 is 34.3 Å². The quantitative estimate of drug-likeness (QED) is 0.664. The minimum Gasteiger partial charge on any atom is -0.496 e. The highest BCUT2D eigenvalue weighted by molar-refractivity contribution is 7.14. The largest absolute Gasteiger partial charge is 0.496 e. The van der Waals surface area contributed by atoms with Gasteiger partial charge in [-0.3, -0.25) is 9.59 Å². The van der Waals surface area contributed by atoms with Gasteiger partial charge < -0.3 is 19.7 Å². The number of rotatable bonds is 6. The summed E-state index contributed by atoms with van der Waals surface area (Å²) in [6.45, 7) is 1.97. The number of ether oxygens (including phenoxy) is 2. The number of anilines is 1. The summed E-state index contributed by atoms with van der Waals surface area (Å²) in [6.07, 6.45) is 4.67. The molecule has 32 heavy (non-hydrogen) atoms. The summed E-state index contributed by atoms with van der Waals surface area (Å²) in [6, 6.07) is 6.53. The predicted octanol–water partition coefficient (Wildman–Crippen LogP) is 3.74. The van der Waals surface area contributed by atoms with Gasteiger partial charge >= 0.3 is 5.97 Å². The van der Waals surface area contributed by atoms with Crippen molar-refractivity contribution in [3.05, 3.63) is 40.9 Å². The Balaban J connectivity index is 1.57. The fourth-order valence-electron chi connectivity index (χ4n) is 4.77. The molecule has 1 aromatic carbocycles. The predicted molar refractivity (Wildman–Crippen MR) is 120 cm³/mol. The number of hydrogen-bond acceptors (Lipinski definition) is 7. The van der Waals surface area contributed by atoms with Crippen LogP contribution in [0.5, 0.6) is 5.75 Å². The highest BCUT2D eigenvalue weighted by atomic mass is 32.1. The molecule has 2 aromatic rings. The number of carbonyl (C=O) groups is 3. The molecule has 1 aromatic heterocycles. The van der Waals surface area contributed by atoms with E-state index < -0.39 is 12.0 Å². The first-order valence-electron chi connectivity index (χ1n) is 10.9. The van der Waals surface area contributed by atoms with Gasteiger partial charge in [0.05, 0.1) is 19.3 Å². The number of carbonyl (C=O) groups excluding carboxylic acids is 3. The van der Waals surface area contributed by atoms with E-state index in [4.69, 9.17) is 9.47 Å². The fraction of sp³-hybridized carbons (Fsp3) is 0.478. The van der Waals surface area contributed by atoms with Crippen LogP contribution in [-0.4, -0.2) is 53.5 Å². The van der Waals surface area contributed by atoms with Gasteiger partial charge in [0.25, 0.3) is 5.91 Å². The van der Waals surface area contributed by atoms with Crippen LogP contribution in [-0.2, 0) is 9.53 Å². The van der Waals surface area contributed by atoms with E-state index in [2.05, 4.69) is 10.3 Å². The first kappa shape index (κ1) is 22.3. The number of thiazole rings is 1. The maximum Gasteiger partial charge on any atom is 0.357 e. The molecule has 1 aliphatic carbocycles. The number of aromatic nitrogens is 1. The second-order valence-corrected chi connectivity index (χ2v) is 8.88. The zero-order valence-electron chi connectivity index (χ0n) is 18.2. The highest BCUT2D eigenvalue weighted by Crippen LogP contribution is 2.41. The van der Waals surface area contributed by atoms with Gasteiger partial charge in [-0.25, -0.2) is 9.78 Å². The molecular weight excluding hydrogens is 430 g/mol. The van der Waals surface area contributed by atoms with E-state index in [9.17, 15) is 14.4 Å². The lowest BCUT2D eigenvalue weighted by Crippen LogP contribution is -2.48. The van der Waals surface area contributed by atoms with E-state index in [-0.39, 0.29) is 30.2 Å². The lowest BCUT2D eigenvalue weighted by Gasteiger charge is -2.33. The normalized spacial score (nSPS) is 22.2. The van der Waals surface area contributed by atoms with Gasteiger partial charge in [0.2, 0.25) is 5.91 Å². The van der Waals surface area contributed by atoms with Gasteiger partial charge in [-0.15, -0.1) is 11.3 Å². The number of fused-ring (bicyclic) bond motifs is 1. The Labute approximate surface area is 190 Å². The summed E-state index contributed by atoms with van der Waals surface area (Å²) in [5.41, 5.74) is 0.618. The molecule has 1 saturated heterocycles. The van der Waals surface area contributed by atoms with E-state index in [0.717, 1.165) is 37.0 Å². The van der Waals surface area contributed by atoms with E-state index in [1.54, 1.807) is 35.4 Å². The standard InChI is InChI=1S/C23H27N3O5S/c1-3-31-22(29)16-13-32-23(24-16)25-20(27)18-12-14-8-4-6-10-17(14)26(18)21(28)15-9-5-7-11-19(15)30-2/h5,7,9,11,13-14,17-18H,3-4,6,8,10,12H2,1-2H3,(H,24,25,27). The number of esters is 1. The molecule has 1 aliphatic heterocycles. The summed E-state index contributed by atoms with van der Waals surface area (Å²) < 4.78 is 10.4. The van der Waals surface area contributed by atoms with Gasteiger partial charge in [-0.05, 0) is 44.2 Å². The Morgan fingerprint density at radius 2 is 2.00 bits per heavy atom. The van der Waals surface area contributed by atoms with Crippen LogP contribution in [0.2, 0.25) is 0 Å². The van der Waals surface area contributed by atoms with Gasteiger partial charge in [0, 0.05) is 11.4 Å². The summed E-state index contributed by atoms with van der Waals surface area (Å²) >= 11 is 1.16. The molecular formula is C23H27N3O5S. The van der Waals surface area contributed by atoms with E-state index in [0.29, 0.717) is 28.8 Å². The zero-order chi connectivity index (χ0) is 22.7. The van der Waals surface area contributed by atoms with Gasteiger partial charge in [-0.2, -0.15) is 0 Å². The molecule has 2 amide bonds. The Hall–Kier alpha value is -2.94. The lowest BCUT2D eigenvalue weighted by atomic mass is 9.84. The summed E-state index contributed by atoms with van der Waals surface area (Å²) in [7, 11) is 1.54. The van der Waals surface area contributed by atoms with Crippen molar-refractivity contribution in [2.75, 3.05) is 19.0 Å². The lowest BCUT2D eigenvalue weighted by molar-refractivity contribution is -0.120. The van der Waals surface area contributed by atoms with E-state index in [1.807, 2.05) is 6.07 Å². The third kappa shape index (κ3) is 4.34. The zero-order valence-corrected chi connectivity index (χ0v) is 19.0. The van der Waals surface area contributed by atoms with E-state index >= 15 is 0 Å². The first-order chi connectivity index (χ1) is 15.5. The van der Waals surface area contributed by atoms with Crippen LogP contribution in [0.4, 0.5) is 5.13 Å². The molecule has 0 bridgehead atoms. The number of nitrogens with zero attached hydrogens (tertiary/aromatic N) is 2. The number of amides is 2. The number of benzene rings is 1. The molecule has 2 aliphatic rings. The molecule has 8 nitrogen and oxygen atoms in total. The van der Waals surface area contributed by atoms with Crippen molar-refractivity contribution in [1.29, 1.82) is 0 Å². The first-order valence-corrected chi connectivity index (χ1v) is 11.8. The number of hydrogen-bond donors (Lipinski definition) is 1. The molecule has 1 N–H and O–H groups in total. The second-order valence-electron chi connectivity index (χ2n) is 8.02. The van der Waals surface area contributed by atoms with Crippen molar-refractivity contribution < 1.29 is 23.9 Å². The maximum atomic E-state index is 13.6. The van der Waals surface area contributed by atoms with Crippen molar-refractivity contribution in [3.63, 3.8) is 0 Å². The summed E-state index contributed by atoms with van der Waals surface area (Å²) in [5.74, 6) is -0.209. The SMILES string of the molecule is CCOC(=O)c1csc(NC(=O)C2CC3CCCCC3N2C(=O)c2ccccc2OC)n1. The Bertz CT molecular complexity index is 1010. The summed E-state index contributed by atoms with van der Waals surface area (Å²) in [4.78, 5) is 44.7. The minimum atomic E-state index is -0.601. The third-order valence-corrected chi connectivity index (χ3v) is 6.94. The molecule has 2 fully saturated rings. The topological polar surface area (TPSA) is 97.8 Å². The number of nitrogens with one attached hydrogen (secondary N) is 1. The molecule has 2 heterocycles. The molecule has 4 rings (SSSR count). The second kappa shape index (κ2) is 9.68. The Kier molecular flexibility index (Phi) is 6.74. The van der Waals surface area contributed by atoms with Crippen LogP contribution in [0.3, 0.4) is 0 Å². The van der Waals surface area contributed by atoms with Gasteiger partial charge in [-0.1, -0.05) is 25.0 Å². The molecule has 3 atom stereocenters. The number of methoxy groups -OCH3 is 1. The molecule has 0 radical (unpaired) electrons. The fourth-order valence-corrected chi connectivity index (χ4v) is 5.45. The average molecular weight is 458 g/mol. The van der Waals surface area contributed by atoms with Gasteiger partial charge in [0.15, 0.2) is 10.8 Å². The molecule has 0 spiro atoms. The molecule has 1 saturated carbocycles. The van der Waals surface area contributed by atoms with Crippen molar-refractivity contribution in [3.8, 4) is 5.75 Å². The van der Waals surface area contributed by atoms with Crippen LogP contribution in [0.15, 0.2) is 29.6 Å². The van der Waals surface area contributed by atoms with Crippen LogP contribution in [0, 0.1) is 5.92 Å². The van der Waals surface area contributed by atoms with Crippen LogP contribution >= 0.6 is 11.3 Å². The van der Waals surface area contributed by atoms with Gasteiger partial charge in [0.1, 0.15) is 11.8 Å². The maximum absolute atomic E-state index is 13.6. The van der Waals surface area contributed by atoms with Crippen LogP contribution < -0.4 is 10.1 Å². The Morgan fingerprint density at radius 3 is 2.78 bits per heavy atom. The minimum absolute atomic E-state index is 0.0308. The third-order valence-electron chi connectivity index (χ3n) is 6.18. The number of likely N-dealkylation sites (tertiary alicyclic amines) is 1. The molecule has 170 valence electrons. The average Bonchev–Trinajstić information content (AvgIpc) is 3.43. The molecule has 9 heteroatoms. The van der Waals surface area contributed by atoms with Crippen molar-refractivity contribution in [2.24, 2.45) is 5.92 Å². The van der Waals surface area contributed by atoms with Crippen LogP contribution in [0.1, 0.15) is 59.9 Å². The highest BCUT2D eigenvalue weighted by Gasteiger charge is 2.48. The summed E-state index contributed by atoms with van der Waals surface area (Å²) in [5, 5.41) is 4.68. The molecule has 3 unspecified atom stereocenters. The smallest absolute Gasteiger partial charge is 0.357 e. The Morgan fingerprint density at radius 1 is 1.22 bits per heavy atom.